The molecule has 3 rings (SSSR count). The molecule has 1 aliphatic rings. The van der Waals surface area contributed by atoms with Gasteiger partial charge in [-0.2, -0.15) is 0 Å². The number of aryl methyl sites for hydroxylation is 1. The first kappa shape index (κ1) is 15.9. The second-order valence-electron chi connectivity index (χ2n) is 5.64. The van der Waals surface area contributed by atoms with Crippen LogP contribution in [0, 0.1) is 5.92 Å². The van der Waals surface area contributed by atoms with Gasteiger partial charge >= 0.3 is 0 Å². The maximum Gasteiger partial charge on any atom is 0.223 e. The SMILES string of the molecule is O=C(CCc1cc(Cl)no1)N1C[C@@H](Cc2cnccn2)[C@H](O)C1. The third-order valence-electron chi connectivity index (χ3n) is 3.96. The van der Waals surface area contributed by atoms with Crippen LogP contribution in [0.4, 0.5) is 0 Å². The topological polar surface area (TPSA) is 92.4 Å². The fraction of sp³-hybridized carbons (Fsp3) is 0.467. The monoisotopic (exact) mass is 336 g/mol. The Bertz CT molecular complexity index is 664. The van der Waals surface area contributed by atoms with Crippen molar-refractivity contribution in [2.75, 3.05) is 13.1 Å². The van der Waals surface area contributed by atoms with Crippen molar-refractivity contribution < 1.29 is 14.4 Å². The fourth-order valence-corrected chi connectivity index (χ4v) is 2.91. The summed E-state index contributed by atoms with van der Waals surface area (Å²) in [5, 5.41) is 14.0. The van der Waals surface area contributed by atoms with Gasteiger partial charge in [0.2, 0.25) is 5.91 Å². The number of amides is 1. The number of nitrogens with zero attached hydrogens (tertiary/aromatic N) is 4. The molecule has 0 aromatic carbocycles. The number of aliphatic hydroxyl groups excluding tert-OH is 1. The highest BCUT2D eigenvalue weighted by molar-refractivity contribution is 6.29. The Kier molecular flexibility index (Phi) is 4.88. The number of aliphatic hydroxyl groups is 1. The van der Waals surface area contributed by atoms with Crippen molar-refractivity contribution in [1.29, 1.82) is 0 Å². The van der Waals surface area contributed by atoms with E-state index in [9.17, 15) is 9.90 Å². The Morgan fingerprint density at radius 3 is 3.00 bits per heavy atom. The van der Waals surface area contributed by atoms with Gasteiger partial charge in [-0.05, 0) is 6.42 Å². The van der Waals surface area contributed by atoms with Gasteiger partial charge < -0.3 is 14.5 Å². The number of hydrogen-bond acceptors (Lipinski definition) is 6. The van der Waals surface area contributed by atoms with Gasteiger partial charge in [0.05, 0.1) is 11.8 Å². The molecular weight excluding hydrogens is 320 g/mol. The van der Waals surface area contributed by atoms with Gasteiger partial charge in [0, 0.05) is 56.5 Å². The quantitative estimate of drug-likeness (QED) is 0.879. The van der Waals surface area contributed by atoms with Gasteiger partial charge in [-0.15, -0.1) is 0 Å². The normalized spacial score (nSPS) is 20.9. The summed E-state index contributed by atoms with van der Waals surface area (Å²) in [6, 6.07) is 1.60. The predicted octanol–water partition coefficient (Wildman–Crippen LogP) is 1.11. The number of halogens is 1. The molecule has 2 atom stereocenters. The lowest BCUT2D eigenvalue weighted by Gasteiger charge is -2.15. The molecule has 0 bridgehead atoms. The van der Waals surface area contributed by atoms with Crippen LogP contribution in [0.2, 0.25) is 5.15 Å². The van der Waals surface area contributed by atoms with Crippen LogP contribution < -0.4 is 0 Å². The zero-order valence-corrected chi connectivity index (χ0v) is 13.2. The first-order valence-corrected chi connectivity index (χ1v) is 7.81. The Morgan fingerprint density at radius 1 is 1.43 bits per heavy atom. The van der Waals surface area contributed by atoms with E-state index in [1.807, 2.05) is 0 Å². The minimum atomic E-state index is -0.541. The molecule has 7 nitrogen and oxygen atoms in total. The fourth-order valence-electron chi connectivity index (χ4n) is 2.76. The number of carbonyl (C=O) groups excluding carboxylic acids is 1. The zero-order chi connectivity index (χ0) is 16.2. The lowest BCUT2D eigenvalue weighted by Crippen LogP contribution is -2.29. The third kappa shape index (κ3) is 4.05. The van der Waals surface area contributed by atoms with Crippen LogP contribution in [0.5, 0.6) is 0 Å². The van der Waals surface area contributed by atoms with Crippen molar-refractivity contribution >= 4 is 17.5 Å². The molecule has 122 valence electrons. The van der Waals surface area contributed by atoms with Crippen LogP contribution in [0.25, 0.3) is 0 Å². The summed E-state index contributed by atoms with van der Waals surface area (Å²) in [5.74, 6) is 0.549. The molecular formula is C15H17ClN4O3. The molecule has 1 amide bonds. The minimum absolute atomic E-state index is 0.0155. The number of aromatic nitrogens is 3. The highest BCUT2D eigenvalue weighted by Gasteiger charge is 2.34. The first-order chi connectivity index (χ1) is 11.1. The summed E-state index contributed by atoms with van der Waals surface area (Å²) < 4.78 is 4.98. The minimum Gasteiger partial charge on any atom is -0.391 e. The Labute approximate surface area is 138 Å². The molecule has 0 unspecified atom stereocenters. The van der Waals surface area contributed by atoms with E-state index < -0.39 is 6.10 Å². The molecule has 0 spiro atoms. The average Bonchev–Trinajstić information content (AvgIpc) is 3.12. The number of rotatable bonds is 5. The number of hydrogen-bond donors (Lipinski definition) is 1. The molecule has 8 heteroatoms. The highest BCUT2D eigenvalue weighted by Crippen LogP contribution is 2.22. The van der Waals surface area contributed by atoms with Gasteiger partial charge in [0.1, 0.15) is 5.76 Å². The zero-order valence-electron chi connectivity index (χ0n) is 12.4. The molecule has 1 aliphatic heterocycles. The molecule has 23 heavy (non-hydrogen) atoms. The molecule has 1 saturated heterocycles. The summed E-state index contributed by atoms with van der Waals surface area (Å²) in [6.07, 6.45) is 5.74. The van der Waals surface area contributed by atoms with Gasteiger partial charge in [0.15, 0.2) is 5.15 Å². The van der Waals surface area contributed by atoms with Crippen LogP contribution in [0.1, 0.15) is 17.9 Å². The molecule has 1 fully saturated rings. The van der Waals surface area contributed by atoms with Crippen LogP contribution in [0.3, 0.4) is 0 Å². The predicted molar refractivity (Wildman–Crippen MR) is 81.6 cm³/mol. The molecule has 3 heterocycles. The van der Waals surface area contributed by atoms with Crippen LogP contribution in [-0.4, -0.2) is 50.2 Å². The van der Waals surface area contributed by atoms with Gasteiger partial charge in [-0.25, -0.2) is 0 Å². The second kappa shape index (κ2) is 7.06. The van der Waals surface area contributed by atoms with E-state index in [-0.39, 0.29) is 17.0 Å². The van der Waals surface area contributed by atoms with Gasteiger partial charge in [0.25, 0.3) is 0 Å². The van der Waals surface area contributed by atoms with E-state index in [1.165, 1.54) is 0 Å². The smallest absolute Gasteiger partial charge is 0.223 e. The molecule has 1 N–H and O–H groups in total. The Balaban J connectivity index is 1.52. The van der Waals surface area contributed by atoms with Crippen molar-refractivity contribution in [2.24, 2.45) is 5.92 Å². The molecule has 0 saturated carbocycles. The largest absolute Gasteiger partial charge is 0.391 e. The lowest BCUT2D eigenvalue weighted by molar-refractivity contribution is -0.130. The first-order valence-electron chi connectivity index (χ1n) is 7.43. The molecule has 2 aromatic heterocycles. The standard InChI is InChI=1S/C15H17ClN4O3/c16-14-6-12(23-19-14)1-2-15(22)20-8-10(13(21)9-20)5-11-7-17-3-4-18-11/h3-4,6-7,10,13,21H,1-2,5,8-9H2/t10-,13-/m1/s1. The maximum atomic E-state index is 12.3. The molecule has 0 radical (unpaired) electrons. The van der Waals surface area contributed by atoms with E-state index in [0.29, 0.717) is 38.1 Å². The van der Waals surface area contributed by atoms with Crippen LogP contribution >= 0.6 is 11.6 Å². The number of carbonyl (C=O) groups is 1. The van der Waals surface area contributed by atoms with Crippen LogP contribution in [-0.2, 0) is 17.6 Å². The Hall–Kier alpha value is -1.99. The van der Waals surface area contributed by atoms with E-state index in [4.69, 9.17) is 16.1 Å². The van der Waals surface area contributed by atoms with Crippen molar-refractivity contribution in [2.45, 2.75) is 25.4 Å². The summed E-state index contributed by atoms with van der Waals surface area (Å²) in [7, 11) is 0. The molecule has 2 aromatic rings. The van der Waals surface area contributed by atoms with Crippen LogP contribution in [0.15, 0.2) is 29.2 Å². The van der Waals surface area contributed by atoms with E-state index >= 15 is 0 Å². The van der Waals surface area contributed by atoms with E-state index in [0.717, 1.165) is 5.69 Å². The van der Waals surface area contributed by atoms with E-state index in [2.05, 4.69) is 15.1 Å². The maximum absolute atomic E-state index is 12.3. The summed E-state index contributed by atoms with van der Waals surface area (Å²) in [6.45, 7) is 0.870. The third-order valence-corrected chi connectivity index (χ3v) is 4.14. The van der Waals surface area contributed by atoms with Gasteiger partial charge in [-0.1, -0.05) is 16.8 Å². The summed E-state index contributed by atoms with van der Waals surface area (Å²) in [4.78, 5) is 22.2. The van der Waals surface area contributed by atoms with Crippen molar-refractivity contribution in [3.8, 4) is 0 Å². The molecule has 0 aliphatic carbocycles. The number of likely N-dealkylation sites (tertiary alicyclic amines) is 1. The highest BCUT2D eigenvalue weighted by atomic mass is 35.5. The number of β-amino-alcohol motifs (C(OH)–C–C–N with tert-alkyl or cyclic N) is 1. The van der Waals surface area contributed by atoms with E-state index in [1.54, 1.807) is 29.6 Å². The lowest BCUT2D eigenvalue weighted by atomic mass is 10.0. The van der Waals surface area contributed by atoms with Crippen molar-refractivity contribution in [3.05, 3.63) is 41.3 Å². The summed E-state index contributed by atoms with van der Waals surface area (Å²) >= 11 is 5.67. The second-order valence-corrected chi connectivity index (χ2v) is 6.03. The van der Waals surface area contributed by atoms with Crippen molar-refractivity contribution in [1.82, 2.24) is 20.0 Å². The van der Waals surface area contributed by atoms with Crippen molar-refractivity contribution in [3.63, 3.8) is 0 Å². The Morgan fingerprint density at radius 2 is 2.30 bits per heavy atom. The average molecular weight is 337 g/mol. The van der Waals surface area contributed by atoms with Gasteiger partial charge in [-0.3, -0.25) is 14.8 Å². The summed E-state index contributed by atoms with van der Waals surface area (Å²) in [5.41, 5.74) is 0.821.